The first-order valence-corrected chi connectivity index (χ1v) is 9.96. The Morgan fingerprint density at radius 3 is 2.19 bits per heavy atom. The van der Waals surface area contributed by atoms with Crippen molar-refractivity contribution in [2.24, 2.45) is 17.3 Å². The van der Waals surface area contributed by atoms with Crippen LogP contribution in [0.15, 0.2) is 12.2 Å². The maximum absolute atomic E-state index is 13.1. The molecule has 1 heterocycles. The number of carbonyl (C=O) groups excluding carboxylic acids is 3. The largest absolute Gasteiger partial charge is 0.481 e. The average Bonchev–Trinajstić information content (AvgIpc) is 2.99. The van der Waals surface area contributed by atoms with E-state index >= 15 is 0 Å². The van der Waals surface area contributed by atoms with Crippen molar-refractivity contribution in [2.45, 2.75) is 57.8 Å². The van der Waals surface area contributed by atoms with Crippen LogP contribution >= 0.6 is 0 Å². The molecule has 1 aliphatic heterocycles. The molecule has 148 valence electrons. The highest BCUT2D eigenvalue weighted by Gasteiger charge is 2.43. The number of rotatable bonds is 6. The Hall–Kier alpha value is -2.18. The Morgan fingerprint density at radius 1 is 1.04 bits per heavy atom. The van der Waals surface area contributed by atoms with E-state index in [1.165, 1.54) is 17.1 Å². The van der Waals surface area contributed by atoms with Crippen molar-refractivity contribution in [1.82, 2.24) is 10.2 Å². The number of hydrogen-bond donors (Lipinski definition) is 2. The van der Waals surface area contributed by atoms with Crippen LogP contribution in [-0.4, -0.2) is 46.8 Å². The Balaban J connectivity index is 1.58. The van der Waals surface area contributed by atoms with Crippen molar-refractivity contribution in [3.8, 4) is 0 Å². The monoisotopic (exact) mass is 376 g/mol. The first kappa shape index (κ1) is 19.6. The number of carboxylic acids is 1. The lowest BCUT2D eigenvalue weighted by Crippen LogP contribution is -2.51. The second kappa shape index (κ2) is 8.23. The summed E-state index contributed by atoms with van der Waals surface area (Å²) in [6, 6.07) is 0. The van der Waals surface area contributed by atoms with Crippen molar-refractivity contribution in [1.29, 1.82) is 0 Å². The fourth-order valence-corrected chi connectivity index (χ4v) is 4.61. The molecule has 0 unspecified atom stereocenters. The van der Waals surface area contributed by atoms with Crippen LogP contribution in [0, 0.1) is 17.3 Å². The summed E-state index contributed by atoms with van der Waals surface area (Å²) in [5.74, 6) is -1.46. The number of nitrogens with zero attached hydrogens (tertiary/aromatic N) is 1. The van der Waals surface area contributed by atoms with Gasteiger partial charge in [0.05, 0.1) is 11.3 Å². The van der Waals surface area contributed by atoms with Gasteiger partial charge in [0.15, 0.2) is 0 Å². The Bertz CT molecular complexity index is 625. The molecule has 3 aliphatic rings. The van der Waals surface area contributed by atoms with E-state index in [1.54, 1.807) is 0 Å². The van der Waals surface area contributed by atoms with E-state index in [2.05, 4.69) is 5.32 Å². The quantitative estimate of drug-likeness (QED) is 0.689. The second-order valence-corrected chi connectivity index (χ2v) is 8.20. The van der Waals surface area contributed by atoms with Gasteiger partial charge in [0.1, 0.15) is 0 Å². The number of hydrogen-bond acceptors (Lipinski definition) is 4. The summed E-state index contributed by atoms with van der Waals surface area (Å²) in [4.78, 5) is 49.2. The molecule has 7 nitrogen and oxygen atoms in total. The van der Waals surface area contributed by atoms with Gasteiger partial charge in [0.25, 0.3) is 11.8 Å². The van der Waals surface area contributed by atoms with Crippen LogP contribution in [0.5, 0.6) is 0 Å². The summed E-state index contributed by atoms with van der Waals surface area (Å²) in [6.07, 6.45) is 9.70. The summed E-state index contributed by atoms with van der Waals surface area (Å²) in [5, 5.41) is 12.1. The summed E-state index contributed by atoms with van der Waals surface area (Å²) < 4.78 is 0. The molecular weight excluding hydrogens is 348 g/mol. The molecule has 0 radical (unpaired) electrons. The first-order valence-electron chi connectivity index (χ1n) is 9.96. The van der Waals surface area contributed by atoms with Crippen LogP contribution in [0.1, 0.15) is 57.8 Å². The van der Waals surface area contributed by atoms with Gasteiger partial charge in [-0.25, -0.2) is 0 Å². The molecule has 0 bridgehead atoms. The highest BCUT2D eigenvalue weighted by molar-refractivity contribution is 6.13. The van der Waals surface area contributed by atoms with Crippen LogP contribution in [-0.2, 0) is 19.2 Å². The third-order valence-electron chi connectivity index (χ3n) is 6.40. The van der Waals surface area contributed by atoms with Crippen molar-refractivity contribution in [3.63, 3.8) is 0 Å². The number of amides is 3. The molecular formula is C20H28N2O5. The van der Waals surface area contributed by atoms with E-state index in [9.17, 15) is 19.2 Å². The Kier molecular flexibility index (Phi) is 5.97. The number of nitrogens with one attached hydrogen (secondary N) is 1. The molecule has 2 saturated carbocycles. The van der Waals surface area contributed by atoms with Crippen LogP contribution < -0.4 is 5.32 Å². The molecule has 0 aromatic rings. The highest BCUT2D eigenvalue weighted by Crippen LogP contribution is 2.38. The number of carboxylic acid groups (broad SMARTS) is 1. The van der Waals surface area contributed by atoms with E-state index in [4.69, 9.17) is 5.11 Å². The molecule has 0 aromatic heterocycles. The molecule has 3 rings (SSSR count). The summed E-state index contributed by atoms with van der Waals surface area (Å²) in [7, 11) is 0. The maximum atomic E-state index is 13.1. The lowest BCUT2D eigenvalue weighted by Gasteiger charge is -2.38. The SMILES string of the molecule is O=C(O)C1CCC(CNC(=O)C2(CN3C(=O)C=CC3=O)CCCCC2)CC1. The molecule has 0 spiro atoms. The molecule has 2 N–H and O–H groups in total. The smallest absolute Gasteiger partial charge is 0.306 e. The Labute approximate surface area is 159 Å². The topological polar surface area (TPSA) is 104 Å². The normalized spacial score (nSPS) is 27.6. The molecule has 3 amide bonds. The van der Waals surface area contributed by atoms with E-state index in [1.807, 2.05) is 0 Å². The summed E-state index contributed by atoms with van der Waals surface area (Å²) in [6.45, 7) is 0.683. The fourth-order valence-electron chi connectivity index (χ4n) is 4.61. The van der Waals surface area contributed by atoms with Crippen molar-refractivity contribution < 1.29 is 24.3 Å². The van der Waals surface area contributed by atoms with Crippen LogP contribution in [0.4, 0.5) is 0 Å². The van der Waals surface area contributed by atoms with E-state index in [0.717, 1.165) is 32.1 Å². The van der Waals surface area contributed by atoms with E-state index in [0.29, 0.717) is 38.1 Å². The van der Waals surface area contributed by atoms with Gasteiger partial charge in [-0.05, 0) is 44.4 Å². The van der Waals surface area contributed by atoms with E-state index in [-0.39, 0.29) is 30.2 Å². The van der Waals surface area contributed by atoms with Gasteiger partial charge in [-0.2, -0.15) is 0 Å². The van der Waals surface area contributed by atoms with Gasteiger partial charge < -0.3 is 10.4 Å². The van der Waals surface area contributed by atoms with Crippen molar-refractivity contribution in [2.75, 3.05) is 13.1 Å². The summed E-state index contributed by atoms with van der Waals surface area (Å²) >= 11 is 0. The third kappa shape index (κ3) is 4.39. The molecule has 0 saturated heterocycles. The minimum absolute atomic E-state index is 0.0740. The van der Waals surface area contributed by atoms with Gasteiger partial charge in [-0.1, -0.05) is 19.3 Å². The zero-order chi connectivity index (χ0) is 19.4. The zero-order valence-electron chi connectivity index (χ0n) is 15.6. The maximum Gasteiger partial charge on any atom is 0.306 e. The number of carbonyl (C=O) groups is 4. The van der Waals surface area contributed by atoms with Crippen molar-refractivity contribution in [3.05, 3.63) is 12.2 Å². The van der Waals surface area contributed by atoms with Crippen LogP contribution in [0.25, 0.3) is 0 Å². The van der Waals surface area contributed by atoms with Crippen molar-refractivity contribution >= 4 is 23.7 Å². The number of aliphatic carboxylic acids is 1. The van der Waals surface area contributed by atoms with Gasteiger partial charge in [-0.3, -0.25) is 24.1 Å². The molecule has 2 aliphatic carbocycles. The fraction of sp³-hybridized carbons (Fsp3) is 0.700. The Morgan fingerprint density at radius 2 is 1.63 bits per heavy atom. The molecule has 0 atom stereocenters. The standard InChI is InChI=1S/C20H28N2O5/c23-16-8-9-17(24)22(16)13-20(10-2-1-3-11-20)19(27)21-12-14-4-6-15(7-5-14)18(25)26/h8-9,14-15H,1-7,10-13H2,(H,21,27)(H,25,26). The minimum atomic E-state index is -0.729. The molecule has 27 heavy (non-hydrogen) atoms. The lowest BCUT2D eigenvalue weighted by atomic mass is 9.72. The van der Waals surface area contributed by atoms with Crippen LogP contribution in [0.3, 0.4) is 0 Å². The minimum Gasteiger partial charge on any atom is -0.481 e. The predicted octanol–water partition coefficient (Wildman–Crippen LogP) is 1.87. The molecule has 7 heteroatoms. The lowest BCUT2D eigenvalue weighted by molar-refractivity contribution is -0.145. The van der Waals surface area contributed by atoms with Gasteiger partial charge in [-0.15, -0.1) is 0 Å². The summed E-state index contributed by atoms with van der Waals surface area (Å²) in [5.41, 5.74) is -0.701. The predicted molar refractivity (Wildman–Crippen MR) is 97.5 cm³/mol. The first-order chi connectivity index (χ1) is 12.9. The van der Waals surface area contributed by atoms with Gasteiger partial charge >= 0.3 is 5.97 Å². The second-order valence-electron chi connectivity index (χ2n) is 8.20. The van der Waals surface area contributed by atoms with E-state index < -0.39 is 11.4 Å². The number of imide groups is 1. The molecule has 2 fully saturated rings. The van der Waals surface area contributed by atoms with Gasteiger partial charge in [0, 0.05) is 25.2 Å². The highest BCUT2D eigenvalue weighted by atomic mass is 16.4. The average molecular weight is 376 g/mol. The third-order valence-corrected chi connectivity index (χ3v) is 6.40. The van der Waals surface area contributed by atoms with Gasteiger partial charge in [0.2, 0.25) is 5.91 Å². The zero-order valence-corrected chi connectivity index (χ0v) is 15.6. The molecule has 0 aromatic carbocycles. The van der Waals surface area contributed by atoms with Crippen LogP contribution in [0.2, 0.25) is 0 Å².